The summed E-state index contributed by atoms with van der Waals surface area (Å²) >= 11 is 3.37. The van der Waals surface area contributed by atoms with Gasteiger partial charge in [0.2, 0.25) is 5.95 Å². The summed E-state index contributed by atoms with van der Waals surface area (Å²) < 4.78 is 0.813. The third-order valence-corrected chi connectivity index (χ3v) is 4.05. The number of imidazole rings is 1. The molecular formula is C13H18BrN5. The average molecular weight is 324 g/mol. The molecule has 0 aromatic carbocycles. The van der Waals surface area contributed by atoms with Crippen LogP contribution in [0.3, 0.4) is 0 Å². The van der Waals surface area contributed by atoms with Crippen LogP contribution in [-0.4, -0.2) is 45.5 Å². The summed E-state index contributed by atoms with van der Waals surface area (Å²) in [5.41, 5.74) is 1.72. The van der Waals surface area contributed by atoms with Gasteiger partial charge in [0.05, 0.1) is 5.52 Å². The number of nitrogens with zero attached hydrogens (tertiary/aromatic N) is 3. The minimum absolute atomic E-state index is 0.470. The smallest absolute Gasteiger partial charge is 0.202 e. The Labute approximate surface area is 120 Å². The van der Waals surface area contributed by atoms with Gasteiger partial charge in [-0.2, -0.15) is 4.98 Å². The molecule has 1 unspecified atom stereocenters. The average Bonchev–Trinajstić information content (AvgIpc) is 2.80. The van der Waals surface area contributed by atoms with Gasteiger partial charge in [-0.1, -0.05) is 6.92 Å². The van der Waals surface area contributed by atoms with E-state index in [1.807, 2.05) is 12.1 Å². The van der Waals surface area contributed by atoms with Gasteiger partial charge >= 0.3 is 0 Å². The largest absolute Gasteiger partial charge is 0.352 e. The van der Waals surface area contributed by atoms with Gasteiger partial charge in [-0.15, -0.1) is 0 Å². The molecule has 102 valence electrons. The van der Waals surface area contributed by atoms with Gasteiger partial charge in [0.1, 0.15) is 4.60 Å². The first-order chi connectivity index (χ1) is 9.24. The third kappa shape index (κ3) is 2.90. The van der Waals surface area contributed by atoms with E-state index >= 15 is 0 Å². The number of aromatic amines is 1. The SMILES string of the molecule is CCN1CCCC(Nc2nc3nc(Br)ccc3[nH]2)C1. The van der Waals surface area contributed by atoms with Gasteiger partial charge in [0, 0.05) is 12.6 Å². The minimum atomic E-state index is 0.470. The predicted octanol–water partition coefficient (Wildman–Crippen LogP) is 2.62. The fourth-order valence-electron chi connectivity index (χ4n) is 2.59. The van der Waals surface area contributed by atoms with Crippen molar-refractivity contribution >= 4 is 33.0 Å². The predicted molar refractivity (Wildman–Crippen MR) is 80.3 cm³/mol. The Balaban J connectivity index is 1.74. The molecule has 1 aliphatic heterocycles. The van der Waals surface area contributed by atoms with Crippen LogP contribution < -0.4 is 5.32 Å². The zero-order valence-electron chi connectivity index (χ0n) is 11.0. The molecule has 0 aliphatic carbocycles. The van der Waals surface area contributed by atoms with Crippen molar-refractivity contribution in [3.8, 4) is 0 Å². The summed E-state index contributed by atoms with van der Waals surface area (Å²) in [6.07, 6.45) is 2.44. The molecule has 1 fully saturated rings. The van der Waals surface area contributed by atoms with Crippen molar-refractivity contribution in [2.24, 2.45) is 0 Å². The Morgan fingerprint density at radius 1 is 1.47 bits per heavy atom. The van der Waals surface area contributed by atoms with Crippen LogP contribution in [0.1, 0.15) is 19.8 Å². The number of fused-ring (bicyclic) bond motifs is 1. The lowest BCUT2D eigenvalue weighted by Gasteiger charge is -2.32. The van der Waals surface area contributed by atoms with Crippen LogP contribution >= 0.6 is 15.9 Å². The molecule has 2 aromatic heterocycles. The summed E-state index contributed by atoms with van der Waals surface area (Å²) in [6.45, 7) is 5.63. The van der Waals surface area contributed by atoms with Crippen molar-refractivity contribution in [2.75, 3.05) is 25.0 Å². The topological polar surface area (TPSA) is 56.8 Å². The van der Waals surface area contributed by atoms with Crippen LogP contribution in [0.25, 0.3) is 11.2 Å². The molecule has 1 aliphatic rings. The number of halogens is 1. The minimum Gasteiger partial charge on any atom is -0.352 e. The van der Waals surface area contributed by atoms with Gasteiger partial charge in [-0.25, -0.2) is 4.98 Å². The molecule has 0 spiro atoms. The maximum atomic E-state index is 4.49. The van der Waals surface area contributed by atoms with Gasteiger partial charge in [-0.05, 0) is 54.0 Å². The maximum absolute atomic E-state index is 4.49. The molecule has 2 N–H and O–H groups in total. The van der Waals surface area contributed by atoms with E-state index in [-0.39, 0.29) is 0 Å². The van der Waals surface area contributed by atoms with Gasteiger partial charge in [0.25, 0.3) is 0 Å². The number of hydrogen-bond acceptors (Lipinski definition) is 4. The van der Waals surface area contributed by atoms with Crippen LogP contribution in [0.4, 0.5) is 5.95 Å². The standard InChI is InChI=1S/C13H18BrN5/c1-2-19-7-3-4-9(8-19)15-13-16-10-5-6-11(14)17-12(10)18-13/h5-6,9H,2-4,7-8H2,1H3,(H2,15,16,17,18). The van der Waals surface area contributed by atoms with Crippen molar-refractivity contribution in [1.82, 2.24) is 19.9 Å². The summed E-state index contributed by atoms with van der Waals surface area (Å²) in [6, 6.07) is 4.38. The Bertz CT molecular complexity index is 567. The number of hydrogen-bond donors (Lipinski definition) is 2. The number of aromatic nitrogens is 3. The first kappa shape index (κ1) is 12.9. The first-order valence-electron chi connectivity index (χ1n) is 6.76. The Hall–Kier alpha value is -1.14. The van der Waals surface area contributed by atoms with E-state index in [1.54, 1.807) is 0 Å². The lowest BCUT2D eigenvalue weighted by Crippen LogP contribution is -2.42. The number of likely N-dealkylation sites (tertiary alicyclic amines) is 1. The Morgan fingerprint density at radius 3 is 3.21 bits per heavy atom. The summed E-state index contributed by atoms with van der Waals surface area (Å²) in [4.78, 5) is 14.6. The number of piperidine rings is 1. The highest BCUT2D eigenvalue weighted by atomic mass is 79.9. The number of nitrogens with one attached hydrogen (secondary N) is 2. The molecule has 0 saturated carbocycles. The van der Waals surface area contributed by atoms with E-state index in [9.17, 15) is 0 Å². The van der Waals surface area contributed by atoms with E-state index in [0.717, 1.165) is 34.8 Å². The quantitative estimate of drug-likeness (QED) is 0.852. The highest BCUT2D eigenvalue weighted by molar-refractivity contribution is 9.10. The molecule has 1 saturated heterocycles. The normalized spacial score (nSPS) is 20.8. The second kappa shape index (κ2) is 5.46. The monoisotopic (exact) mass is 323 g/mol. The van der Waals surface area contributed by atoms with E-state index in [1.165, 1.54) is 19.4 Å². The number of anilines is 1. The molecule has 1 atom stereocenters. The molecule has 3 heterocycles. The van der Waals surface area contributed by atoms with Crippen LogP contribution in [0.15, 0.2) is 16.7 Å². The molecular weight excluding hydrogens is 306 g/mol. The van der Waals surface area contributed by atoms with Gasteiger partial charge < -0.3 is 15.2 Å². The second-order valence-electron chi connectivity index (χ2n) is 4.97. The first-order valence-corrected chi connectivity index (χ1v) is 7.55. The van der Waals surface area contributed by atoms with Crippen LogP contribution in [0, 0.1) is 0 Å². The van der Waals surface area contributed by atoms with E-state index in [2.05, 4.69) is 48.0 Å². The molecule has 0 amide bonds. The number of likely N-dealkylation sites (N-methyl/N-ethyl adjacent to an activating group) is 1. The van der Waals surface area contributed by atoms with Crippen molar-refractivity contribution < 1.29 is 0 Å². The summed E-state index contributed by atoms with van der Waals surface area (Å²) in [5, 5.41) is 3.49. The molecule has 0 bridgehead atoms. The number of rotatable bonds is 3. The van der Waals surface area contributed by atoms with Gasteiger partial charge in [0.15, 0.2) is 5.65 Å². The second-order valence-corrected chi connectivity index (χ2v) is 5.78. The summed E-state index contributed by atoms with van der Waals surface area (Å²) in [7, 11) is 0. The highest BCUT2D eigenvalue weighted by Gasteiger charge is 2.19. The van der Waals surface area contributed by atoms with Crippen LogP contribution in [0.5, 0.6) is 0 Å². The summed E-state index contributed by atoms with van der Waals surface area (Å²) in [5.74, 6) is 0.823. The van der Waals surface area contributed by atoms with E-state index in [4.69, 9.17) is 0 Å². The number of H-pyrrole nitrogens is 1. The van der Waals surface area contributed by atoms with E-state index < -0.39 is 0 Å². The molecule has 6 heteroatoms. The van der Waals surface area contributed by atoms with Crippen molar-refractivity contribution in [3.05, 3.63) is 16.7 Å². The zero-order valence-corrected chi connectivity index (χ0v) is 12.6. The Morgan fingerprint density at radius 2 is 2.37 bits per heavy atom. The van der Waals surface area contributed by atoms with Crippen LogP contribution in [0.2, 0.25) is 0 Å². The van der Waals surface area contributed by atoms with Gasteiger partial charge in [-0.3, -0.25) is 0 Å². The van der Waals surface area contributed by atoms with Crippen molar-refractivity contribution in [1.29, 1.82) is 0 Å². The van der Waals surface area contributed by atoms with Crippen LogP contribution in [-0.2, 0) is 0 Å². The fraction of sp³-hybridized carbons (Fsp3) is 0.538. The van der Waals surface area contributed by atoms with E-state index in [0.29, 0.717) is 6.04 Å². The lowest BCUT2D eigenvalue weighted by atomic mass is 10.1. The third-order valence-electron chi connectivity index (χ3n) is 3.61. The highest BCUT2D eigenvalue weighted by Crippen LogP contribution is 2.18. The Kier molecular flexibility index (Phi) is 3.70. The zero-order chi connectivity index (χ0) is 13.2. The van der Waals surface area contributed by atoms with Crippen molar-refractivity contribution in [2.45, 2.75) is 25.8 Å². The molecule has 3 rings (SSSR count). The molecule has 0 radical (unpaired) electrons. The molecule has 2 aromatic rings. The van der Waals surface area contributed by atoms with Crippen molar-refractivity contribution in [3.63, 3.8) is 0 Å². The maximum Gasteiger partial charge on any atom is 0.202 e. The molecule has 19 heavy (non-hydrogen) atoms. The lowest BCUT2D eigenvalue weighted by molar-refractivity contribution is 0.226. The fourth-order valence-corrected chi connectivity index (χ4v) is 2.89. The number of pyridine rings is 1. The molecule has 5 nitrogen and oxygen atoms in total.